The molecule has 0 radical (unpaired) electrons. The fourth-order valence-corrected chi connectivity index (χ4v) is 2.34. The first-order valence-corrected chi connectivity index (χ1v) is 6.65. The smallest absolute Gasteiger partial charge is 0.129 e. The lowest BCUT2D eigenvalue weighted by atomic mass is 9.99. The van der Waals surface area contributed by atoms with Gasteiger partial charge in [0, 0.05) is 17.0 Å². The summed E-state index contributed by atoms with van der Waals surface area (Å²) in [5, 5.41) is 10.8. The molecule has 0 saturated heterocycles. The molecule has 0 amide bonds. The van der Waals surface area contributed by atoms with Gasteiger partial charge in [0.15, 0.2) is 0 Å². The molecule has 2 rings (SSSR count). The summed E-state index contributed by atoms with van der Waals surface area (Å²) in [5.74, 6) is 0.214. The van der Waals surface area contributed by atoms with Crippen molar-refractivity contribution in [2.45, 2.75) is 19.4 Å². The van der Waals surface area contributed by atoms with E-state index in [0.29, 0.717) is 10.8 Å². The molecule has 1 unspecified atom stereocenters. The molecule has 0 spiro atoms. The number of benzene rings is 2. The quantitative estimate of drug-likeness (QED) is 0.921. The molecule has 106 valence electrons. The van der Waals surface area contributed by atoms with Crippen molar-refractivity contribution in [1.29, 1.82) is 0 Å². The van der Waals surface area contributed by atoms with Crippen molar-refractivity contribution in [3.8, 4) is 5.75 Å². The Kier molecular flexibility index (Phi) is 4.63. The maximum absolute atomic E-state index is 13.8. The lowest BCUT2D eigenvalue weighted by Gasteiger charge is -2.15. The van der Waals surface area contributed by atoms with Crippen LogP contribution in [0.15, 0.2) is 36.4 Å². The van der Waals surface area contributed by atoms with Gasteiger partial charge >= 0.3 is 0 Å². The van der Waals surface area contributed by atoms with Crippen LogP contribution < -0.4 is 4.74 Å². The molecule has 0 fully saturated rings. The van der Waals surface area contributed by atoms with E-state index in [9.17, 15) is 9.50 Å². The van der Waals surface area contributed by atoms with Gasteiger partial charge in [-0.25, -0.2) is 4.39 Å². The Labute approximate surface area is 122 Å². The molecule has 2 nitrogen and oxygen atoms in total. The van der Waals surface area contributed by atoms with Gasteiger partial charge in [0.25, 0.3) is 0 Å². The molecule has 0 saturated carbocycles. The maximum atomic E-state index is 13.8. The molecule has 1 N–H and O–H groups in total. The highest BCUT2D eigenvalue weighted by atomic mass is 35.5. The van der Waals surface area contributed by atoms with Crippen LogP contribution in [0.1, 0.15) is 22.8 Å². The average molecular weight is 295 g/mol. The Morgan fingerprint density at radius 1 is 1.25 bits per heavy atom. The van der Waals surface area contributed by atoms with Crippen LogP contribution in [0, 0.1) is 12.7 Å². The molecule has 2 aromatic rings. The van der Waals surface area contributed by atoms with Crippen LogP contribution in [0.4, 0.5) is 4.39 Å². The van der Waals surface area contributed by atoms with Crippen LogP contribution in [0.3, 0.4) is 0 Å². The van der Waals surface area contributed by atoms with Crippen LogP contribution >= 0.6 is 11.6 Å². The first-order valence-electron chi connectivity index (χ1n) is 6.28. The highest BCUT2D eigenvalue weighted by molar-refractivity contribution is 6.30. The zero-order chi connectivity index (χ0) is 14.7. The Hall–Kier alpha value is -1.58. The third-order valence-corrected chi connectivity index (χ3v) is 3.40. The molecule has 2 aromatic carbocycles. The summed E-state index contributed by atoms with van der Waals surface area (Å²) in [7, 11) is 1.55. The first-order chi connectivity index (χ1) is 9.51. The molecule has 0 heterocycles. The minimum absolute atomic E-state index is 0.240. The number of aryl methyl sites for hydroxylation is 1. The topological polar surface area (TPSA) is 29.5 Å². The summed E-state index contributed by atoms with van der Waals surface area (Å²) in [4.78, 5) is 0. The van der Waals surface area contributed by atoms with Crippen LogP contribution in [-0.4, -0.2) is 12.2 Å². The molecular formula is C16H16ClFO2. The summed E-state index contributed by atoms with van der Waals surface area (Å²) < 4.78 is 19.0. The van der Waals surface area contributed by atoms with E-state index in [1.807, 2.05) is 6.92 Å². The number of halogens is 2. The van der Waals surface area contributed by atoms with E-state index in [4.69, 9.17) is 16.3 Å². The zero-order valence-electron chi connectivity index (χ0n) is 11.4. The minimum atomic E-state index is -0.942. The van der Waals surface area contributed by atoms with Gasteiger partial charge in [-0.05, 0) is 36.8 Å². The summed E-state index contributed by atoms with van der Waals surface area (Å²) in [6, 6.07) is 9.85. The highest BCUT2D eigenvalue weighted by Gasteiger charge is 2.16. The van der Waals surface area contributed by atoms with Gasteiger partial charge in [-0.15, -0.1) is 0 Å². The van der Waals surface area contributed by atoms with Crippen LogP contribution in [0.5, 0.6) is 5.75 Å². The number of aliphatic hydroxyl groups is 1. The largest absolute Gasteiger partial charge is 0.496 e. The van der Waals surface area contributed by atoms with E-state index in [2.05, 4.69) is 0 Å². The van der Waals surface area contributed by atoms with Gasteiger partial charge in [-0.2, -0.15) is 0 Å². The zero-order valence-corrected chi connectivity index (χ0v) is 12.1. The monoisotopic (exact) mass is 294 g/mol. The van der Waals surface area contributed by atoms with Crippen molar-refractivity contribution >= 4 is 11.6 Å². The number of hydrogen-bond acceptors (Lipinski definition) is 2. The van der Waals surface area contributed by atoms with E-state index in [-0.39, 0.29) is 12.0 Å². The Morgan fingerprint density at radius 3 is 2.70 bits per heavy atom. The van der Waals surface area contributed by atoms with Crippen molar-refractivity contribution < 1.29 is 14.2 Å². The van der Waals surface area contributed by atoms with Crippen molar-refractivity contribution in [3.05, 3.63) is 63.9 Å². The third kappa shape index (κ3) is 3.30. The molecule has 4 heteroatoms. The minimum Gasteiger partial charge on any atom is -0.496 e. The standard InChI is InChI=1S/C16H16ClFO2/c1-10-3-5-14(18)13(7-10)15(19)9-11-8-12(17)4-6-16(11)20-2/h3-8,15,19H,9H2,1-2H3. The van der Waals surface area contributed by atoms with Gasteiger partial charge in [0.2, 0.25) is 0 Å². The summed E-state index contributed by atoms with van der Waals surface area (Å²) in [5.41, 5.74) is 1.93. The van der Waals surface area contributed by atoms with Gasteiger partial charge in [0.05, 0.1) is 13.2 Å². The number of methoxy groups -OCH3 is 1. The third-order valence-electron chi connectivity index (χ3n) is 3.17. The number of hydrogen-bond donors (Lipinski definition) is 1. The molecule has 0 aliphatic rings. The second kappa shape index (κ2) is 6.25. The van der Waals surface area contributed by atoms with Crippen molar-refractivity contribution in [1.82, 2.24) is 0 Å². The lowest BCUT2D eigenvalue weighted by Crippen LogP contribution is -2.06. The van der Waals surface area contributed by atoms with Crippen molar-refractivity contribution in [3.63, 3.8) is 0 Å². The molecule has 0 aliphatic carbocycles. The van der Waals surface area contributed by atoms with E-state index in [1.54, 1.807) is 37.4 Å². The SMILES string of the molecule is COc1ccc(Cl)cc1CC(O)c1cc(C)ccc1F. The lowest BCUT2D eigenvalue weighted by molar-refractivity contribution is 0.172. The van der Waals surface area contributed by atoms with E-state index in [1.165, 1.54) is 6.07 Å². The summed E-state index contributed by atoms with van der Waals surface area (Å²) >= 11 is 5.95. The average Bonchev–Trinajstić information content (AvgIpc) is 2.41. The molecule has 0 aliphatic heterocycles. The summed E-state index contributed by atoms with van der Waals surface area (Å²) in [6.07, 6.45) is -0.702. The molecule has 20 heavy (non-hydrogen) atoms. The predicted molar refractivity (Wildman–Crippen MR) is 77.8 cm³/mol. The van der Waals surface area contributed by atoms with Crippen LogP contribution in [0.25, 0.3) is 0 Å². The Bertz CT molecular complexity index is 613. The van der Waals surface area contributed by atoms with Gasteiger partial charge in [-0.3, -0.25) is 0 Å². The number of ether oxygens (including phenoxy) is 1. The molecule has 1 atom stereocenters. The van der Waals surface area contributed by atoms with Crippen LogP contribution in [0.2, 0.25) is 5.02 Å². The Balaban J connectivity index is 2.29. The normalized spacial score (nSPS) is 12.2. The first kappa shape index (κ1) is 14.8. The van der Waals surface area contributed by atoms with Gasteiger partial charge in [0.1, 0.15) is 11.6 Å². The van der Waals surface area contributed by atoms with Crippen molar-refractivity contribution in [2.75, 3.05) is 7.11 Å². The summed E-state index contributed by atoms with van der Waals surface area (Å²) in [6.45, 7) is 1.86. The van der Waals surface area contributed by atoms with Gasteiger partial charge in [-0.1, -0.05) is 29.3 Å². The highest BCUT2D eigenvalue weighted by Crippen LogP contribution is 2.29. The fraction of sp³-hybridized carbons (Fsp3) is 0.250. The van der Waals surface area contributed by atoms with Crippen molar-refractivity contribution in [2.24, 2.45) is 0 Å². The number of rotatable bonds is 4. The molecule has 0 bridgehead atoms. The van der Waals surface area contributed by atoms with E-state index >= 15 is 0 Å². The van der Waals surface area contributed by atoms with Crippen LogP contribution in [-0.2, 0) is 6.42 Å². The second-order valence-electron chi connectivity index (χ2n) is 4.70. The van der Waals surface area contributed by atoms with E-state index in [0.717, 1.165) is 11.1 Å². The maximum Gasteiger partial charge on any atom is 0.129 e. The second-order valence-corrected chi connectivity index (χ2v) is 5.14. The predicted octanol–water partition coefficient (Wildman–Crippen LogP) is 4.07. The molecular weight excluding hydrogens is 279 g/mol. The van der Waals surface area contributed by atoms with E-state index < -0.39 is 11.9 Å². The Morgan fingerprint density at radius 2 is 2.00 bits per heavy atom. The fourth-order valence-electron chi connectivity index (χ4n) is 2.14. The van der Waals surface area contributed by atoms with Gasteiger partial charge < -0.3 is 9.84 Å². The molecule has 0 aromatic heterocycles. The number of aliphatic hydroxyl groups excluding tert-OH is 1.